The molecule has 3 N–H and O–H groups in total. The maximum Gasteiger partial charge on any atom is 0.234 e. The summed E-state index contributed by atoms with van der Waals surface area (Å²) < 4.78 is 0. The first-order chi connectivity index (χ1) is 8.22. The molecule has 0 aromatic heterocycles. The van der Waals surface area contributed by atoms with E-state index in [4.69, 9.17) is 5.11 Å². The fraction of sp³-hybridized carbons (Fsp3) is 0.818. The van der Waals surface area contributed by atoms with Gasteiger partial charge in [-0.25, -0.2) is 0 Å². The number of likely N-dealkylation sites (tertiary alicyclic amines) is 1. The van der Waals surface area contributed by atoms with Crippen molar-refractivity contribution in [3.8, 4) is 0 Å². The van der Waals surface area contributed by atoms with Gasteiger partial charge >= 0.3 is 0 Å². The molecule has 2 saturated heterocycles. The van der Waals surface area contributed by atoms with Gasteiger partial charge in [0.2, 0.25) is 11.8 Å². The molecule has 2 unspecified atom stereocenters. The number of nitrogens with one attached hydrogen (secondary N) is 2. The van der Waals surface area contributed by atoms with Crippen LogP contribution < -0.4 is 10.6 Å². The molecule has 2 fully saturated rings. The van der Waals surface area contributed by atoms with Gasteiger partial charge in [-0.3, -0.25) is 14.5 Å². The van der Waals surface area contributed by atoms with E-state index in [1.807, 2.05) is 0 Å². The predicted octanol–water partition coefficient (Wildman–Crippen LogP) is -1.69. The zero-order valence-electron chi connectivity index (χ0n) is 9.82. The van der Waals surface area contributed by atoms with Gasteiger partial charge in [-0.2, -0.15) is 0 Å². The van der Waals surface area contributed by atoms with E-state index in [2.05, 4.69) is 15.5 Å². The maximum atomic E-state index is 11.6. The van der Waals surface area contributed by atoms with Crippen LogP contribution in [0.15, 0.2) is 0 Å². The van der Waals surface area contributed by atoms with Gasteiger partial charge in [0.25, 0.3) is 0 Å². The van der Waals surface area contributed by atoms with Crippen molar-refractivity contribution in [1.29, 1.82) is 0 Å². The van der Waals surface area contributed by atoms with Crippen molar-refractivity contribution in [2.45, 2.75) is 18.9 Å². The normalized spacial score (nSPS) is 28.6. The number of aliphatic hydroxyl groups is 1. The van der Waals surface area contributed by atoms with Crippen LogP contribution in [0.4, 0.5) is 0 Å². The molecule has 0 spiro atoms. The summed E-state index contributed by atoms with van der Waals surface area (Å²) in [6.07, 6.45) is 1.88. The molecule has 6 heteroatoms. The Morgan fingerprint density at radius 1 is 1.59 bits per heavy atom. The van der Waals surface area contributed by atoms with E-state index in [0.717, 1.165) is 19.4 Å². The van der Waals surface area contributed by atoms with Crippen molar-refractivity contribution in [3.63, 3.8) is 0 Å². The molecule has 0 aromatic carbocycles. The van der Waals surface area contributed by atoms with Crippen LogP contribution in [-0.4, -0.2) is 60.6 Å². The Kier molecular flexibility index (Phi) is 3.96. The Hall–Kier alpha value is -1.14. The third-order valence-corrected chi connectivity index (χ3v) is 3.50. The Balaban J connectivity index is 1.88. The molecule has 17 heavy (non-hydrogen) atoms. The van der Waals surface area contributed by atoms with Gasteiger partial charge < -0.3 is 15.7 Å². The monoisotopic (exact) mass is 241 g/mol. The van der Waals surface area contributed by atoms with Gasteiger partial charge in [0.15, 0.2) is 0 Å². The van der Waals surface area contributed by atoms with Crippen molar-refractivity contribution >= 4 is 11.8 Å². The van der Waals surface area contributed by atoms with Gasteiger partial charge in [-0.1, -0.05) is 0 Å². The van der Waals surface area contributed by atoms with E-state index >= 15 is 0 Å². The lowest BCUT2D eigenvalue weighted by Gasteiger charge is -2.35. The molecule has 2 amide bonds. The van der Waals surface area contributed by atoms with Crippen molar-refractivity contribution in [2.24, 2.45) is 5.92 Å². The zero-order chi connectivity index (χ0) is 12.3. The molecular weight excluding hydrogens is 222 g/mol. The first-order valence-corrected chi connectivity index (χ1v) is 6.11. The molecule has 0 radical (unpaired) electrons. The van der Waals surface area contributed by atoms with Crippen LogP contribution in [0.1, 0.15) is 12.8 Å². The van der Waals surface area contributed by atoms with E-state index in [1.165, 1.54) is 0 Å². The summed E-state index contributed by atoms with van der Waals surface area (Å²) in [7, 11) is 0. The first-order valence-electron chi connectivity index (χ1n) is 6.11. The van der Waals surface area contributed by atoms with Gasteiger partial charge in [-0.15, -0.1) is 0 Å². The summed E-state index contributed by atoms with van der Waals surface area (Å²) in [4.78, 5) is 25.2. The van der Waals surface area contributed by atoms with Gasteiger partial charge in [0, 0.05) is 19.1 Å². The van der Waals surface area contributed by atoms with Crippen LogP contribution >= 0.6 is 0 Å². The maximum absolute atomic E-state index is 11.6. The number of carbonyl (C=O) groups is 2. The van der Waals surface area contributed by atoms with Crippen LogP contribution in [0.3, 0.4) is 0 Å². The average molecular weight is 241 g/mol. The minimum absolute atomic E-state index is 0.0438. The molecule has 0 aromatic rings. The highest BCUT2D eigenvalue weighted by Gasteiger charge is 2.40. The summed E-state index contributed by atoms with van der Waals surface area (Å²) >= 11 is 0. The highest BCUT2D eigenvalue weighted by Crippen LogP contribution is 2.26. The van der Waals surface area contributed by atoms with E-state index in [1.54, 1.807) is 0 Å². The van der Waals surface area contributed by atoms with Gasteiger partial charge in [0.05, 0.1) is 19.1 Å². The number of nitrogens with zero attached hydrogens (tertiary/aromatic N) is 1. The molecule has 2 rings (SSSR count). The molecule has 2 aliphatic heterocycles. The summed E-state index contributed by atoms with van der Waals surface area (Å²) in [6, 6.07) is 0.163. The highest BCUT2D eigenvalue weighted by atomic mass is 16.3. The molecule has 0 saturated carbocycles. The van der Waals surface area contributed by atoms with Crippen molar-refractivity contribution in [2.75, 3.05) is 32.8 Å². The quantitative estimate of drug-likeness (QED) is 0.548. The summed E-state index contributed by atoms with van der Waals surface area (Å²) in [5.74, 6) is 0.0870. The van der Waals surface area contributed by atoms with E-state index in [-0.39, 0.29) is 36.9 Å². The van der Waals surface area contributed by atoms with Crippen molar-refractivity contribution in [3.05, 3.63) is 0 Å². The molecule has 0 aliphatic carbocycles. The number of amides is 2. The lowest BCUT2D eigenvalue weighted by molar-refractivity contribution is -0.127. The standard InChI is InChI=1S/C11H19N3O3/c15-5-3-12-10(16)7-14-4-1-2-8-9(14)6-13-11(8)17/h8-9,15H,1-7H2,(H,12,16)(H,13,17). The largest absolute Gasteiger partial charge is 0.395 e. The van der Waals surface area contributed by atoms with Crippen LogP contribution in [-0.2, 0) is 9.59 Å². The molecule has 6 nitrogen and oxygen atoms in total. The van der Waals surface area contributed by atoms with Crippen LogP contribution in [0.5, 0.6) is 0 Å². The Morgan fingerprint density at radius 3 is 3.18 bits per heavy atom. The summed E-state index contributed by atoms with van der Waals surface area (Å²) in [5.41, 5.74) is 0. The summed E-state index contributed by atoms with van der Waals surface area (Å²) in [6.45, 7) is 2.07. The molecule has 0 bridgehead atoms. The third kappa shape index (κ3) is 2.76. The number of piperidine rings is 1. The Bertz CT molecular complexity index is 308. The van der Waals surface area contributed by atoms with Crippen molar-refractivity contribution < 1.29 is 14.7 Å². The van der Waals surface area contributed by atoms with E-state index in [9.17, 15) is 9.59 Å². The van der Waals surface area contributed by atoms with Gasteiger partial charge in [-0.05, 0) is 19.4 Å². The minimum atomic E-state index is -0.0842. The molecule has 96 valence electrons. The SMILES string of the molecule is O=C(CN1CCCC2C(=O)NCC21)NCCO. The fourth-order valence-corrected chi connectivity index (χ4v) is 2.67. The number of rotatable bonds is 4. The minimum Gasteiger partial charge on any atom is -0.395 e. The number of hydrogen-bond donors (Lipinski definition) is 3. The van der Waals surface area contributed by atoms with Crippen LogP contribution in [0, 0.1) is 5.92 Å². The predicted molar refractivity (Wildman–Crippen MR) is 61.2 cm³/mol. The smallest absolute Gasteiger partial charge is 0.234 e. The number of aliphatic hydroxyl groups excluding tert-OH is 1. The first kappa shape index (κ1) is 12.3. The molecular formula is C11H19N3O3. The molecule has 2 atom stereocenters. The van der Waals surface area contributed by atoms with E-state index < -0.39 is 0 Å². The molecule has 2 heterocycles. The number of hydrogen-bond acceptors (Lipinski definition) is 4. The third-order valence-electron chi connectivity index (χ3n) is 3.50. The average Bonchev–Trinajstić information content (AvgIpc) is 2.70. The topological polar surface area (TPSA) is 81.7 Å². The Labute approximate surface area is 100 Å². The summed E-state index contributed by atoms with van der Waals surface area (Å²) in [5, 5.41) is 14.1. The second-order valence-electron chi connectivity index (χ2n) is 4.61. The lowest BCUT2D eigenvalue weighted by atomic mass is 9.91. The molecule has 2 aliphatic rings. The fourth-order valence-electron chi connectivity index (χ4n) is 2.67. The lowest BCUT2D eigenvalue weighted by Crippen LogP contribution is -2.49. The highest BCUT2D eigenvalue weighted by molar-refractivity contribution is 5.82. The number of fused-ring (bicyclic) bond motifs is 1. The van der Waals surface area contributed by atoms with Crippen LogP contribution in [0.25, 0.3) is 0 Å². The van der Waals surface area contributed by atoms with E-state index in [0.29, 0.717) is 13.1 Å². The second kappa shape index (κ2) is 5.46. The Morgan fingerprint density at radius 2 is 2.41 bits per heavy atom. The zero-order valence-corrected chi connectivity index (χ0v) is 9.82. The second-order valence-corrected chi connectivity index (χ2v) is 4.61. The number of carbonyl (C=O) groups excluding carboxylic acids is 2. The van der Waals surface area contributed by atoms with Crippen LogP contribution in [0.2, 0.25) is 0 Å². The van der Waals surface area contributed by atoms with Gasteiger partial charge in [0.1, 0.15) is 0 Å². The van der Waals surface area contributed by atoms with Crippen molar-refractivity contribution in [1.82, 2.24) is 15.5 Å².